The molecule has 5 nitrogen and oxygen atoms in total. The zero-order chi connectivity index (χ0) is 14.0. The highest BCUT2D eigenvalue weighted by Crippen LogP contribution is 2.23. The first kappa shape index (κ1) is 12.7. The minimum Gasteiger partial charge on any atom is -0.324 e. The minimum absolute atomic E-state index is 0.0300. The first-order chi connectivity index (χ1) is 9.08. The molecule has 2 N–H and O–H groups in total. The van der Waals surface area contributed by atoms with Crippen LogP contribution in [0, 0.1) is 28.5 Å². The van der Waals surface area contributed by atoms with Crippen LogP contribution in [0.3, 0.4) is 0 Å². The van der Waals surface area contributed by atoms with E-state index in [-0.39, 0.29) is 11.4 Å². The van der Waals surface area contributed by atoms with Crippen LogP contribution in [0.25, 0.3) is 5.69 Å². The molecule has 1 aromatic carbocycles. The molecular formula is C13H10FN5. The molecule has 0 amide bonds. The molecule has 0 radical (unpaired) electrons. The minimum atomic E-state index is -0.412. The quantitative estimate of drug-likeness (QED) is 0.885. The highest BCUT2D eigenvalue weighted by Gasteiger charge is 2.16. The number of aromatic nitrogens is 2. The van der Waals surface area contributed by atoms with E-state index in [9.17, 15) is 4.39 Å². The standard InChI is InChI=1S/C13H10FN5/c1-8(17)10-4-9(14)2-3-12(10)19-7-18-11(5-15)13(19)6-16/h2-4,7-8H,17H2,1H3/t8-/m0/s1. The molecule has 2 rings (SSSR count). The molecule has 0 aliphatic carbocycles. The van der Waals surface area contributed by atoms with Gasteiger partial charge in [-0.25, -0.2) is 9.37 Å². The normalized spacial score (nSPS) is 11.6. The Balaban J connectivity index is 2.70. The van der Waals surface area contributed by atoms with Gasteiger partial charge in [-0.2, -0.15) is 10.5 Å². The number of rotatable bonds is 2. The Bertz CT molecular complexity index is 703. The monoisotopic (exact) mass is 255 g/mol. The van der Waals surface area contributed by atoms with E-state index in [0.29, 0.717) is 11.3 Å². The summed E-state index contributed by atoms with van der Waals surface area (Å²) in [5.74, 6) is -0.407. The van der Waals surface area contributed by atoms with Crippen molar-refractivity contribution in [3.05, 3.63) is 47.3 Å². The summed E-state index contributed by atoms with van der Waals surface area (Å²) in [4.78, 5) is 3.85. The molecule has 6 heteroatoms. The summed E-state index contributed by atoms with van der Waals surface area (Å²) in [7, 11) is 0. The Morgan fingerprint density at radius 2 is 2.11 bits per heavy atom. The van der Waals surface area contributed by atoms with Crippen molar-refractivity contribution < 1.29 is 4.39 Å². The first-order valence-corrected chi connectivity index (χ1v) is 5.51. The van der Waals surface area contributed by atoms with Crippen LogP contribution in [0.4, 0.5) is 4.39 Å². The van der Waals surface area contributed by atoms with Crippen molar-refractivity contribution in [2.75, 3.05) is 0 Å². The summed E-state index contributed by atoms with van der Waals surface area (Å²) < 4.78 is 14.7. The van der Waals surface area contributed by atoms with Crippen molar-refractivity contribution in [3.63, 3.8) is 0 Å². The van der Waals surface area contributed by atoms with E-state index in [1.54, 1.807) is 6.92 Å². The fraction of sp³-hybridized carbons (Fsp3) is 0.154. The number of benzene rings is 1. The largest absolute Gasteiger partial charge is 0.324 e. The lowest BCUT2D eigenvalue weighted by Crippen LogP contribution is -2.11. The van der Waals surface area contributed by atoms with Crippen molar-refractivity contribution >= 4 is 0 Å². The molecule has 0 saturated carbocycles. The number of hydrogen-bond donors (Lipinski definition) is 1. The fourth-order valence-corrected chi connectivity index (χ4v) is 1.83. The van der Waals surface area contributed by atoms with E-state index < -0.39 is 11.9 Å². The van der Waals surface area contributed by atoms with Crippen molar-refractivity contribution in [2.24, 2.45) is 5.73 Å². The van der Waals surface area contributed by atoms with Gasteiger partial charge in [0.1, 0.15) is 24.3 Å². The summed E-state index contributed by atoms with van der Waals surface area (Å²) in [6, 6.07) is 7.44. The average molecular weight is 255 g/mol. The van der Waals surface area contributed by atoms with Gasteiger partial charge in [0.2, 0.25) is 0 Å². The van der Waals surface area contributed by atoms with Crippen molar-refractivity contribution in [2.45, 2.75) is 13.0 Å². The second kappa shape index (κ2) is 4.89. The van der Waals surface area contributed by atoms with Crippen LogP contribution in [0.2, 0.25) is 0 Å². The van der Waals surface area contributed by atoms with E-state index >= 15 is 0 Å². The Kier molecular flexibility index (Phi) is 3.28. The first-order valence-electron chi connectivity index (χ1n) is 5.51. The number of hydrogen-bond acceptors (Lipinski definition) is 4. The smallest absolute Gasteiger partial charge is 0.177 e. The molecule has 1 heterocycles. The molecule has 0 bridgehead atoms. The molecule has 2 aromatic rings. The molecule has 0 aliphatic heterocycles. The summed E-state index contributed by atoms with van der Waals surface area (Å²) in [5.41, 5.74) is 7.02. The second-order valence-corrected chi connectivity index (χ2v) is 4.03. The van der Waals surface area contributed by atoms with Crippen molar-refractivity contribution in [3.8, 4) is 17.8 Å². The zero-order valence-corrected chi connectivity index (χ0v) is 10.1. The lowest BCUT2D eigenvalue weighted by molar-refractivity contribution is 0.621. The molecule has 0 aliphatic rings. The van der Waals surface area contributed by atoms with Gasteiger partial charge in [0.15, 0.2) is 11.4 Å². The summed E-state index contributed by atoms with van der Waals surface area (Å²) >= 11 is 0. The highest BCUT2D eigenvalue weighted by molar-refractivity contribution is 5.49. The lowest BCUT2D eigenvalue weighted by atomic mass is 10.1. The van der Waals surface area contributed by atoms with Gasteiger partial charge < -0.3 is 5.73 Å². The van der Waals surface area contributed by atoms with Crippen LogP contribution in [0.5, 0.6) is 0 Å². The second-order valence-electron chi connectivity index (χ2n) is 4.03. The van der Waals surface area contributed by atoms with Crippen LogP contribution >= 0.6 is 0 Å². The molecule has 94 valence electrons. The van der Waals surface area contributed by atoms with Crippen LogP contribution in [-0.2, 0) is 0 Å². The van der Waals surface area contributed by atoms with Crippen LogP contribution < -0.4 is 5.73 Å². The van der Waals surface area contributed by atoms with Gasteiger partial charge >= 0.3 is 0 Å². The number of nitrogens with zero attached hydrogens (tertiary/aromatic N) is 4. The van der Waals surface area contributed by atoms with E-state index in [4.69, 9.17) is 16.3 Å². The van der Waals surface area contributed by atoms with Gasteiger partial charge in [-0.05, 0) is 30.7 Å². The van der Waals surface area contributed by atoms with Gasteiger partial charge in [0.05, 0.1) is 5.69 Å². The predicted octanol–water partition coefficient (Wildman–Crippen LogP) is 1.77. The Morgan fingerprint density at radius 3 is 2.68 bits per heavy atom. The number of imidazole rings is 1. The van der Waals surface area contributed by atoms with Crippen molar-refractivity contribution in [1.82, 2.24) is 9.55 Å². The SMILES string of the molecule is C[C@H](N)c1cc(F)ccc1-n1cnc(C#N)c1C#N. The summed E-state index contributed by atoms with van der Waals surface area (Å²) in [5, 5.41) is 18.0. The maximum Gasteiger partial charge on any atom is 0.177 e. The molecule has 0 saturated heterocycles. The Labute approximate surface area is 109 Å². The van der Waals surface area contributed by atoms with Gasteiger partial charge in [0, 0.05) is 6.04 Å². The van der Waals surface area contributed by atoms with Gasteiger partial charge in [0.25, 0.3) is 0 Å². The van der Waals surface area contributed by atoms with Crippen LogP contribution in [0.15, 0.2) is 24.5 Å². The third kappa shape index (κ3) is 2.17. The highest BCUT2D eigenvalue weighted by atomic mass is 19.1. The zero-order valence-electron chi connectivity index (χ0n) is 10.1. The molecule has 1 aromatic heterocycles. The molecule has 0 fully saturated rings. The molecule has 0 spiro atoms. The topological polar surface area (TPSA) is 91.4 Å². The van der Waals surface area contributed by atoms with E-state index in [1.807, 2.05) is 12.1 Å². The average Bonchev–Trinajstić information content (AvgIpc) is 2.81. The van der Waals surface area contributed by atoms with Crippen LogP contribution in [0.1, 0.15) is 29.9 Å². The van der Waals surface area contributed by atoms with Gasteiger partial charge in [-0.3, -0.25) is 4.57 Å². The summed E-state index contributed by atoms with van der Waals surface area (Å²) in [6.07, 6.45) is 1.36. The third-order valence-electron chi connectivity index (χ3n) is 2.72. The molecule has 0 unspecified atom stereocenters. The van der Waals surface area contributed by atoms with E-state index in [1.165, 1.54) is 29.1 Å². The fourth-order valence-electron chi connectivity index (χ4n) is 1.83. The Hall–Kier alpha value is -2.70. The van der Waals surface area contributed by atoms with Gasteiger partial charge in [-0.1, -0.05) is 0 Å². The third-order valence-corrected chi connectivity index (χ3v) is 2.72. The molecule has 1 atom stereocenters. The number of nitriles is 2. The maximum absolute atomic E-state index is 13.3. The van der Waals surface area contributed by atoms with Crippen LogP contribution in [-0.4, -0.2) is 9.55 Å². The Morgan fingerprint density at radius 1 is 1.37 bits per heavy atom. The lowest BCUT2D eigenvalue weighted by Gasteiger charge is -2.14. The van der Waals surface area contributed by atoms with E-state index in [0.717, 1.165) is 0 Å². The number of nitrogens with two attached hydrogens (primary N) is 1. The predicted molar refractivity (Wildman–Crippen MR) is 65.6 cm³/mol. The maximum atomic E-state index is 13.3. The molecular weight excluding hydrogens is 245 g/mol. The summed E-state index contributed by atoms with van der Waals surface area (Å²) in [6.45, 7) is 1.71. The van der Waals surface area contributed by atoms with Gasteiger partial charge in [-0.15, -0.1) is 0 Å². The van der Waals surface area contributed by atoms with E-state index in [2.05, 4.69) is 4.98 Å². The number of halogens is 1. The molecule has 19 heavy (non-hydrogen) atoms. The van der Waals surface area contributed by atoms with Crippen molar-refractivity contribution in [1.29, 1.82) is 10.5 Å².